The highest BCUT2D eigenvalue weighted by molar-refractivity contribution is 8.01. The van der Waals surface area contributed by atoms with Crippen molar-refractivity contribution in [2.45, 2.75) is 36.5 Å². The summed E-state index contributed by atoms with van der Waals surface area (Å²) in [5.41, 5.74) is 0.852. The molecular formula is C19H26N2O3S. The lowest BCUT2D eigenvalue weighted by Gasteiger charge is -2.47. The monoisotopic (exact) mass is 362 g/mol. The Morgan fingerprint density at radius 3 is 2.96 bits per heavy atom. The van der Waals surface area contributed by atoms with Gasteiger partial charge >= 0.3 is 0 Å². The summed E-state index contributed by atoms with van der Waals surface area (Å²) in [6.45, 7) is 4.35. The van der Waals surface area contributed by atoms with Crippen LogP contribution in [0.2, 0.25) is 0 Å². The molecule has 0 aliphatic carbocycles. The van der Waals surface area contributed by atoms with Gasteiger partial charge in [0.15, 0.2) is 0 Å². The van der Waals surface area contributed by atoms with E-state index < -0.39 is 0 Å². The van der Waals surface area contributed by atoms with Crippen LogP contribution in [0.5, 0.6) is 0 Å². The number of carbonyl (C=O) groups excluding carboxylic acids is 1. The SMILES string of the molecule is O=C(Cc1ccccn1)N1CC2(CC(OCC3CCOCC3)CS2)C1. The Morgan fingerprint density at radius 2 is 2.20 bits per heavy atom. The van der Waals surface area contributed by atoms with Gasteiger partial charge in [-0.2, -0.15) is 0 Å². The number of amides is 1. The average Bonchev–Trinajstić information content (AvgIpc) is 3.05. The first-order valence-corrected chi connectivity index (χ1v) is 10.2. The lowest BCUT2D eigenvalue weighted by molar-refractivity contribution is -0.136. The number of ether oxygens (including phenoxy) is 2. The van der Waals surface area contributed by atoms with E-state index in [2.05, 4.69) is 4.98 Å². The van der Waals surface area contributed by atoms with Crippen LogP contribution in [-0.2, 0) is 20.7 Å². The number of carbonyl (C=O) groups is 1. The molecule has 4 heterocycles. The molecule has 0 radical (unpaired) electrons. The van der Waals surface area contributed by atoms with Gasteiger partial charge in [-0.15, -0.1) is 11.8 Å². The molecule has 0 N–H and O–H groups in total. The quantitative estimate of drug-likeness (QED) is 0.803. The molecule has 1 unspecified atom stereocenters. The number of hydrogen-bond donors (Lipinski definition) is 0. The van der Waals surface area contributed by atoms with Crippen LogP contribution in [0.1, 0.15) is 25.0 Å². The molecule has 6 heteroatoms. The molecule has 0 saturated carbocycles. The Kier molecular flexibility index (Phi) is 5.29. The minimum absolute atomic E-state index is 0.191. The van der Waals surface area contributed by atoms with Crippen LogP contribution in [-0.4, -0.2) is 65.3 Å². The van der Waals surface area contributed by atoms with Crippen LogP contribution < -0.4 is 0 Å². The van der Waals surface area contributed by atoms with E-state index in [9.17, 15) is 4.79 Å². The van der Waals surface area contributed by atoms with Crippen LogP contribution in [0.15, 0.2) is 24.4 Å². The zero-order chi connectivity index (χ0) is 17.1. The summed E-state index contributed by atoms with van der Waals surface area (Å²) in [6, 6.07) is 5.72. The molecule has 0 bridgehead atoms. The van der Waals surface area contributed by atoms with Gasteiger partial charge in [0.2, 0.25) is 5.91 Å². The number of rotatable bonds is 5. The van der Waals surface area contributed by atoms with Gasteiger partial charge in [-0.3, -0.25) is 9.78 Å². The molecule has 1 aromatic heterocycles. The Labute approximate surface area is 153 Å². The molecule has 3 aliphatic heterocycles. The summed E-state index contributed by atoms with van der Waals surface area (Å²) in [4.78, 5) is 18.6. The fraction of sp³-hybridized carbons (Fsp3) is 0.684. The van der Waals surface area contributed by atoms with E-state index in [0.717, 1.165) is 63.6 Å². The third kappa shape index (κ3) is 4.18. The van der Waals surface area contributed by atoms with Crippen LogP contribution in [0.3, 0.4) is 0 Å². The van der Waals surface area contributed by atoms with Gasteiger partial charge in [-0.1, -0.05) is 6.07 Å². The number of likely N-dealkylation sites (tertiary alicyclic amines) is 1. The minimum Gasteiger partial charge on any atom is -0.381 e. The normalized spacial score (nSPS) is 25.9. The Hall–Kier alpha value is -1.11. The zero-order valence-electron chi connectivity index (χ0n) is 14.6. The van der Waals surface area contributed by atoms with Crippen molar-refractivity contribution in [1.82, 2.24) is 9.88 Å². The second-order valence-electron chi connectivity index (χ2n) is 7.46. The summed E-state index contributed by atoms with van der Waals surface area (Å²) >= 11 is 1.99. The van der Waals surface area contributed by atoms with Gasteiger partial charge in [0.1, 0.15) is 0 Å². The van der Waals surface area contributed by atoms with Crippen LogP contribution >= 0.6 is 11.8 Å². The molecule has 0 aromatic carbocycles. The number of thioether (sulfide) groups is 1. The van der Waals surface area contributed by atoms with Gasteiger partial charge in [-0.25, -0.2) is 0 Å². The summed E-state index contributed by atoms with van der Waals surface area (Å²) in [5, 5.41) is 0. The Balaban J connectivity index is 1.20. The molecular weight excluding hydrogens is 336 g/mol. The van der Waals surface area contributed by atoms with Crippen molar-refractivity contribution < 1.29 is 14.3 Å². The largest absolute Gasteiger partial charge is 0.381 e. The molecule has 4 rings (SSSR count). The van der Waals surface area contributed by atoms with Crippen molar-refractivity contribution in [3.8, 4) is 0 Å². The summed E-state index contributed by atoms with van der Waals surface area (Å²) < 4.78 is 11.8. The first-order valence-electron chi connectivity index (χ1n) is 9.23. The maximum absolute atomic E-state index is 12.4. The molecule has 1 atom stereocenters. The van der Waals surface area contributed by atoms with Gasteiger partial charge in [-0.05, 0) is 37.3 Å². The van der Waals surface area contributed by atoms with E-state index in [1.807, 2.05) is 34.9 Å². The van der Waals surface area contributed by atoms with Crippen molar-refractivity contribution in [2.75, 3.05) is 38.7 Å². The molecule has 1 amide bonds. The maximum atomic E-state index is 12.4. The summed E-state index contributed by atoms with van der Waals surface area (Å²) in [7, 11) is 0. The summed E-state index contributed by atoms with van der Waals surface area (Å²) in [5.74, 6) is 1.91. The van der Waals surface area contributed by atoms with Gasteiger partial charge in [0.05, 0.1) is 17.3 Å². The second kappa shape index (κ2) is 7.64. The third-order valence-corrected chi connectivity index (χ3v) is 7.03. The molecule has 1 aromatic rings. The van der Waals surface area contributed by atoms with E-state index >= 15 is 0 Å². The first-order chi connectivity index (χ1) is 12.2. The van der Waals surface area contributed by atoms with Crippen molar-refractivity contribution in [3.05, 3.63) is 30.1 Å². The molecule has 136 valence electrons. The van der Waals surface area contributed by atoms with Gasteiger partial charge < -0.3 is 14.4 Å². The van der Waals surface area contributed by atoms with E-state index in [1.165, 1.54) is 0 Å². The zero-order valence-corrected chi connectivity index (χ0v) is 15.4. The molecule has 1 spiro atoms. The Bertz CT molecular complexity index is 586. The van der Waals surface area contributed by atoms with Crippen molar-refractivity contribution in [1.29, 1.82) is 0 Å². The van der Waals surface area contributed by atoms with E-state index in [0.29, 0.717) is 18.4 Å². The van der Waals surface area contributed by atoms with E-state index in [1.54, 1.807) is 6.20 Å². The predicted octanol–water partition coefficient (Wildman–Crippen LogP) is 2.15. The van der Waals surface area contributed by atoms with Gasteiger partial charge in [0.25, 0.3) is 0 Å². The molecule has 5 nitrogen and oxygen atoms in total. The highest BCUT2D eigenvalue weighted by Gasteiger charge is 2.50. The fourth-order valence-electron chi connectivity index (χ4n) is 3.91. The Morgan fingerprint density at radius 1 is 1.36 bits per heavy atom. The first kappa shape index (κ1) is 17.3. The summed E-state index contributed by atoms with van der Waals surface area (Å²) in [6.07, 6.45) is 5.83. The highest BCUT2D eigenvalue weighted by Crippen LogP contribution is 2.46. The smallest absolute Gasteiger partial charge is 0.228 e. The third-order valence-electron chi connectivity index (χ3n) is 5.45. The minimum atomic E-state index is 0.191. The standard InChI is InChI=1S/C19H26N2O3S/c22-18(9-16-3-1-2-6-20-16)21-13-19(14-21)10-17(12-25-19)24-11-15-4-7-23-8-5-15/h1-3,6,15,17H,4-5,7-14H2. The lowest BCUT2D eigenvalue weighted by Crippen LogP contribution is -2.61. The maximum Gasteiger partial charge on any atom is 0.228 e. The van der Waals surface area contributed by atoms with E-state index in [4.69, 9.17) is 9.47 Å². The molecule has 3 aliphatic rings. The van der Waals surface area contributed by atoms with Crippen molar-refractivity contribution in [3.63, 3.8) is 0 Å². The van der Waals surface area contributed by atoms with Crippen LogP contribution in [0.25, 0.3) is 0 Å². The van der Waals surface area contributed by atoms with E-state index in [-0.39, 0.29) is 10.7 Å². The lowest BCUT2D eigenvalue weighted by atomic mass is 9.92. The van der Waals surface area contributed by atoms with Crippen molar-refractivity contribution in [2.24, 2.45) is 5.92 Å². The van der Waals surface area contributed by atoms with Crippen LogP contribution in [0.4, 0.5) is 0 Å². The number of pyridine rings is 1. The molecule has 25 heavy (non-hydrogen) atoms. The second-order valence-corrected chi connectivity index (χ2v) is 8.94. The molecule has 3 saturated heterocycles. The van der Waals surface area contributed by atoms with Gasteiger partial charge in [0, 0.05) is 50.6 Å². The number of nitrogens with zero attached hydrogens (tertiary/aromatic N) is 2. The average molecular weight is 362 g/mol. The number of hydrogen-bond acceptors (Lipinski definition) is 5. The highest BCUT2D eigenvalue weighted by atomic mass is 32.2. The number of aromatic nitrogens is 1. The van der Waals surface area contributed by atoms with Crippen molar-refractivity contribution >= 4 is 17.7 Å². The molecule has 3 fully saturated rings. The predicted molar refractivity (Wildman–Crippen MR) is 97.6 cm³/mol. The topological polar surface area (TPSA) is 51.7 Å². The fourth-order valence-corrected chi connectivity index (χ4v) is 5.46. The van der Waals surface area contributed by atoms with Crippen LogP contribution in [0, 0.1) is 5.92 Å².